The number of aryl methyl sites for hydroxylation is 1. The summed E-state index contributed by atoms with van der Waals surface area (Å²) < 4.78 is 1.86. The topological polar surface area (TPSA) is 100 Å². The number of rotatable bonds is 7. The number of para-hydroxylation sites is 1. The summed E-state index contributed by atoms with van der Waals surface area (Å²) in [6.45, 7) is 9.68. The molecule has 0 saturated carbocycles. The molecule has 0 radical (unpaired) electrons. The fraction of sp³-hybridized carbons (Fsp3) is 0.368. The number of likely N-dealkylation sites (N-methyl/N-ethyl adjacent to an activating group) is 1. The van der Waals surface area contributed by atoms with E-state index < -0.39 is 0 Å². The second kappa shape index (κ2) is 8.13. The number of aromatic hydroxyl groups is 1. The van der Waals surface area contributed by atoms with Crippen LogP contribution in [0, 0.1) is 6.92 Å². The molecule has 0 amide bonds. The molecule has 8 nitrogen and oxygen atoms in total. The Kier molecular flexibility index (Phi) is 5.66. The lowest BCUT2D eigenvalue weighted by molar-refractivity contribution is -0.897. The van der Waals surface area contributed by atoms with E-state index in [-0.39, 0.29) is 17.4 Å². The number of H-pyrrole nitrogens is 1. The summed E-state index contributed by atoms with van der Waals surface area (Å²) in [6.07, 6.45) is 0. The zero-order chi connectivity index (χ0) is 19.4. The first kappa shape index (κ1) is 18.8. The molecule has 3 N–H and O–H groups in total. The minimum atomic E-state index is -0.287. The van der Waals surface area contributed by atoms with Crippen molar-refractivity contribution >= 4 is 22.5 Å². The van der Waals surface area contributed by atoms with Crippen LogP contribution < -0.4 is 10.5 Å². The minimum absolute atomic E-state index is 0.0708. The largest absolute Gasteiger partial charge is 0.493 e. The zero-order valence-corrected chi connectivity index (χ0v) is 15.9. The van der Waals surface area contributed by atoms with Gasteiger partial charge in [-0.25, -0.2) is 4.98 Å². The van der Waals surface area contributed by atoms with Gasteiger partial charge in [-0.05, 0) is 26.8 Å². The number of quaternary nitrogens is 1. The van der Waals surface area contributed by atoms with Gasteiger partial charge in [0.15, 0.2) is 5.69 Å². The number of benzene rings is 1. The number of nitrogens with zero attached hydrogens (tertiary/aromatic N) is 4. The lowest BCUT2D eigenvalue weighted by atomic mass is 10.2. The first-order chi connectivity index (χ1) is 13.0. The van der Waals surface area contributed by atoms with Crippen LogP contribution in [0.3, 0.4) is 0 Å². The Morgan fingerprint density at radius 1 is 1.22 bits per heavy atom. The maximum atomic E-state index is 11.6. The molecule has 27 heavy (non-hydrogen) atoms. The Labute approximate surface area is 157 Å². The summed E-state index contributed by atoms with van der Waals surface area (Å²) in [7, 11) is 0. The summed E-state index contributed by atoms with van der Waals surface area (Å²) in [5.74, 6) is 0.185. The molecule has 0 aliphatic carbocycles. The van der Waals surface area contributed by atoms with Crippen molar-refractivity contribution < 1.29 is 10.0 Å². The van der Waals surface area contributed by atoms with Crippen molar-refractivity contribution in [3.8, 4) is 5.88 Å². The predicted octanol–water partition coefficient (Wildman–Crippen LogP) is 2.08. The standard InChI is InChI=1S/C19H24N6O2/c1-4-24(5-2)10-11-25-15-9-7-6-8-14(15)17(18(25)27)22-23-19-20-13(3)12-16(26)21-19/h6-9,12,27H,4-5,10-11H2,1-3H3,(H,20,21,26)/p+1. The number of hydrogen-bond acceptors (Lipinski definition) is 5. The predicted molar refractivity (Wildman–Crippen MR) is 104 cm³/mol. The summed E-state index contributed by atoms with van der Waals surface area (Å²) in [5.41, 5.74) is 1.55. The van der Waals surface area contributed by atoms with Crippen LogP contribution in [0.5, 0.6) is 5.88 Å². The van der Waals surface area contributed by atoms with E-state index in [9.17, 15) is 9.90 Å². The van der Waals surface area contributed by atoms with Crippen molar-refractivity contribution in [1.29, 1.82) is 0 Å². The zero-order valence-electron chi connectivity index (χ0n) is 15.9. The second-order valence-electron chi connectivity index (χ2n) is 6.46. The molecule has 3 rings (SSSR count). The molecule has 8 heteroatoms. The second-order valence-corrected chi connectivity index (χ2v) is 6.46. The Morgan fingerprint density at radius 3 is 2.67 bits per heavy atom. The highest BCUT2D eigenvalue weighted by Crippen LogP contribution is 2.38. The quantitative estimate of drug-likeness (QED) is 0.556. The molecular weight excluding hydrogens is 344 g/mol. The van der Waals surface area contributed by atoms with E-state index in [1.165, 1.54) is 11.0 Å². The molecule has 0 fully saturated rings. The van der Waals surface area contributed by atoms with Gasteiger partial charge in [-0.3, -0.25) is 9.78 Å². The van der Waals surface area contributed by atoms with Gasteiger partial charge in [-0.15, -0.1) is 10.2 Å². The maximum Gasteiger partial charge on any atom is 0.252 e. The van der Waals surface area contributed by atoms with Crippen LogP contribution in [0.2, 0.25) is 0 Å². The Balaban J connectivity index is 1.99. The third-order valence-corrected chi connectivity index (χ3v) is 4.71. The molecule has 1 aromatic carbocycles. The number of nitrogens with one attached hydrogen (secondary N) is 2. The van der Waals surface area contributed by atoms with E-state index in [4.69, 9.17) is 0 Å². The van der Waals surface area contributed by atoms with Gasteiger partial charge < -0.3 is 14.6 Å². The molecule has 0 atom stereocenters. The monoisotopic (exact) mass is 369 g/mol. The number of aromatic amines is 1. The molecular formula is C19H25N6O2+. The van der Waals surface area contributed by atoms with Crippen LogP contribution in [-0.4, -0.2) is 39.3 Å². The first-order valence-corrected chi connectivity index (χ1v) is 9.17. The molecule has 0 unspecified atom stereocenters. The van der Waals surface area contributed by atoms with Crippen molar-refractivity contribution in [3.63, 3.8) is 0 Å². The minimum Gasteiger partial charge on any atom is -0.493 e. The maximum absolute atomic E-state index is 11.6. The number of fused-ring (bicyclic) bond motifs is 1. The van der Waals surface area contributed by atoms with E-state index in [2.05, 4.69) is 34.0 Å². The smallest absolute Gasteiger partial charge is 0.252 e. The molecule has 2 heterocycles. The first-order valence-electron chi connectivity index (χ1n) is 9.17. The summed E-state index contributed by atoms with van der Waals surface area (Å²) >= 11 is 0. The molecule has 0 spiro atoms. The van der Waals surface area contributed by atoms with Crippen molar-refractivity contribution in [2.24, 2.45) is 10.2 Å². The average molecular weight is 369 g/mol. The van der Waals surface area contributed by atoms with Crippen molar-refractivity contribution in [1.82, 2.24) is 14.5 Å². The van der Waals surface area contributed by atoms with Crippen molar-refractivity contribution in [2.45, 2.75) is 27.3 Å². The van der Waals surface area contributed by atoms with Crippen LogP contribution in [0.25, 0.3) is 10.9 Å². The Bertz CT molecular complexity index is 1020. The Morgan fingerprint density at radius 2 is 1.96 bits per heavy atom. The SMILES string of the molecule is CC[NH+](CC)CCn1c(O)c(N=Nc2nc(C)cc(=O)[nH]2)c2ccccc21. The normalized spacial score (nSPS) is 11.9. The van der Waals surface area contributed by atoms with Crippen LogP contribution in [0.4, 0.5) is 11.6 Å². The van der Waals surface area contributed by atoms with Gasteiger partial charge >= 0.3 is 0 Å². The highest BCUT2D eigenvalue weighted by molar-refractivity contribution is 5.94. The van der Waals surface area contributed by atoms with E-state index in [0.29, 0.717) is 17.9 Å². The molecule has 0 aliphatic heterocycles. The van der Waals surface area contributed by atoms with Gasteiger partial charge in [0.05, 0.1) is 31.7 Å². The number of aromatic nitrogens is 3. The fourth-order valence-electron chi connectivity index (χ4n) is 3.18. The summed E-state index contributed by atoms with van der Waals surface area (Å²) in [6, 6.07) is 9.07. The highest BCUT2D eigenvalue weighted by atomic mass is 16.3. The van der Waals surface area contributed by atoms with Gasteiger partial charge in [-0.2, -0.15) is 0 Å². The highest BCUT2D eigenvalue weighted by Gasteiger charge is 2.17. The van der Waals surface area contributed by atoms with E-state index >= 15 is 0 Å². The van der Waals surface area contributed by atoms with Crippen LogP contribution in [-0.2, 0) is 6.54 Å². The number of hydrogen-bond donors (Lipinski definition) is 3. The van der Waals surface area contributed by atoms with Crippen LogP contribution >= 0.6 is 0 Å². The van der Waals surface area contributed by atoms with Crippen molar-refractivity contribution in [3.05, 3.63) is 46.4 Å². The third kappa shape index (κ3) is 4.06. The third-order valence-electron chi connectivity index (χ3n) is 4.71. The molecule has 0 saturated heterocycles. The average Bonchev–Trinajstić information content (AvgIpc) is 2.91. The van der Waals surface area contributed by atoms with Gasteiger partial charge in [0, 0.05) is 17.1 Å². The van der Waals surface area contributed by atoms with E-state index in [0.717, 1.165) is 30.5 Å². The molecule has 0 bridgehead atoms. The lowest BCUT2D eigenvalue weighted by Crippen LogP contribution is -3.11. The van der Waals surface area contributed by atoms with Gasteiger partial charge in [-0.1, -0.05) is 18.2 Å². The van der Waals surface area contributed by atoms with E-state index in [1.54, 1.807) is 6.92 Å². The molecule has 142 valence electrons. The van der Waals surface area contributed by atoms with Gasteiger partial charge in [0.2, 0.25) is 11.8 Å². The fourth-order valence-corrected chi connectivity index (χ4v) is 3.18. The Hall–Kier alpha value is -3.00. The van der Waals surface area contributed by atoms with Crippen LogP contribution in [0.15, 0.2) is 45.4 Å². The number of azo groups is 1. The van der Waals surface area contributed by atoms with Gasteiger partial charge in [0.1, 0.15) is 0 Å². The van der Waals surface area contributed by atoms with Crippen LogP contribution in [0.1, 0.15) is 19.5 Å². The molecule has 0 aliphatic rings. The summed E-state index contributed by atoms with van der Waals surface area (Å²) in [4.78, 5) is 19.7. The van der Waals surface area contributed by atoms with Gasteiger partial charge in [0.25, 0.3) is 5.56 Å². The summed E-state index contributed by atoms with van der Waals surface area (Å²) in [5, 5.41) is 19.8. The molecule has 2 aromatic heterocycles. The van der Waals surface area contributed by atoms with E-state index in [1.807, 2.05) is 28.8 Å². The lowest BCUT2D eigenvalue weighted by Gasteiger charge is -2.16. The van der Waals surface area contributed by atoms with Crippen molar-refractivity contribution in [2.75, 3.05) is 19.6 Å². The molecule has 3 aromatic rings.